The van der Waals surface area contributed by atoms with Crippen LogP contribution in [0.15, 0.2) is 22.8 Å². The number of pyridine rings is 1. The summed E-state index contributed by atoms with van der Waals surface area (Å²) in [6.45, 7) is 4.95. The summed E-state index contributed by atoms with van der Waals surface area (Å²) in [5.74, 6) is 0.525. The first-order valence-electron chi connectivity index (χ1n) is 6.74. The summed E-state index contributed by atoms with van der Waals surface area (Å²) in [5, 5.41) is 3.62. The third-order valence-electron chi connectivity index (χ3n) is 3.36. The van der Waals surface area contributed by atoms with E-state index in [9.17, 15) is 0 Å². The summed E-state index contributed by atoms with van der Waals surface area (Å²) in [6, 6.07) is 4.31. The van der Waals surface area contributed by atoms with Crippen LogP contribution >= 0.6 is 15.9 Å². The van der Waals surface area contributed by atoms with Crippen LogP contribution in [0.2, 0.25) is 0 Å². The quantitative estimate of drug-likeness (QED) is 0.905. The van der Waals surface area contributed by atoms with E-state index in [0.717, 1.165) is 42.8 Å². The van der Waals surface area contributed by atoms with Crippen molar-refractivity contribution in [2.45, 2.75) is 32.2 Å². The average Bonchev–Trinajstić information content (AvgIpc) is 2.42. The van der Waals surface area contributed by atoms with Gasteiger partial charge in [0.05, 0.1) is 18.3 Å². The number of nitrogens with zero attached hydrogens (tertiary/aromatic N) is 1. The van der Waals surface area contributed by atoms with Gasteiger partial charge in [0.2, 0.25) is 0 Å². The zero-order chi connectivity index (χ0) is 12.8. The highest BCUT2D eigenvalue weighted by atomic mass is 79.9. The molecule has 0 amide bonds. The molecule has 1 aromatic heterocycles. The molecule has 0 aliphatic carbocycles. The third-order valence-corrected chi connectivity index (χ3v) is 4.03. The maximum Gasteiger partial charge on any atom is 0.0718 e. The van der Waals surface area contributed by atoms with Crippen LogP contribution in [-0.4, -0.2) is 24.7 Å². The van der Waals surface area contributed by atoms with Crippen molar-refractivity contribution >= 4 is 15.9 Å². The first kappa shape index (κ1) is 14.0. The molecule has 1 aromatic rings. The summed E-state index contributed by atoms with van der Waals surface area (Å²) in [4.78, 5) is 4.54. The van der Waals surface area contributed by atoms with Gasteiger partial charge in [-0.3, -0.25) is 4.98 Å². The zero-order valence-electron chi connectivity index (χ0n) is 10.9. The molecule has 4 heteroatoms. The second-order valence-electron chi connectivity index (χ2n) is 4.78. The summed E-state index contributed by atoms with van der Waals surface area (Å²) < 4.78 is 6.71. The van der Waals surface area contributed by atoms with Crippen molar-refractivity contribution in [1.82, 2.24) is 10.3 Å². The van der Waals surface area contributed by atoms with Gasteiger partial charge in [-0.15, -0.1) is 0 Å². The number of hydrogen-bond donors (Lipinski definition) is 1. The van der Waals surface area contributed by atoms with Crippen molar-refractivity contribution in [1.29, 1.82) is 0 Å². The molecular weight excluding hydrogens is 292 g/mol. The van der Waals surface area contributed by atoms with Crippen molar-refractivity contribution in [2.24, 2.45) is 5.92 Å². The van der Waals surface area contributed by atoms with E-state index in [2.05, 4.69) is 39.2 Å². The van der Waals surface area contributed by atoms with Crippen molar-refractivity contribution in [3.05, 3.63) is 28.5 Å². The first-order chi connectivity index (χ1) is 8.83. The van der Waals surface area contributed by atoms with Crippen LogP contribution < -0.4 is 5.32 Å². The fraction of sp³-hybridized carbons (Fsp3) is 0.643. The average molecular weight is 313 g/mol. The van der Waals surface area contributed by atoms with Gasteiger partial charge in [0.25, 0.3) is 0 Å². The predicted molar refractivity (Wildman–Crippen MR) is 76.5 cm³/mol. The molecule has 2 rings (SSSR count). The lowest BCUT2D eigenvalue weighted by atomic mass is 9.91. The van der Waals surface area contributed by atoms with Crippen molar-refractivity contribution in [3.63, 3.8) is 0 Å². The molecule has 0 radical (unpaired) electrons. The molecule has 1 saturated heterocycles. The highest BCUT2D eigenvalue weighted by Crippen LogP contribution is 2.31. The number of rotatable bonds is 5. The van der Waals surface area contributed by atoms with Crippen molar-refractivity contribution in [2.75, 3.05) is 19.8 Å². The maximum absolute atomic E-state index is 5.62. The topological polar surface area (TPSA) is 34.2 Å². The standard InChI is InChI=1S/C14H21BrN2O/c1-2-7-16-13(11-5-4-9-18-10-11)14-12(15)6-3-8-17-14/h3,6,8,11,13,16H,2,4-5,7,9-10H2,1H3. The molecule has 1 fully saturated rings. The fourth-order valence-electron chi connectivity index (χ4n) is 2.44. The lowest BCUT2D eigenvalue weighted by molar-refractivity contribution is 0.0383. The Balaban J connectivity index is 2.15. The second-order valence-corrected chi connectivity index (χ2v) is 5.63. The Bertz CT molecular complexity index is 367. The molecule has 3 nitrogen and oxygen atoms in total. The minimum Gasteiger partial charge on any atom is -0.381 e. The number of ether oxygens (including phenoxy) is 1. The third kappa shape index (κ3) is 3.53. The van der Waals surface area contributed by atoms with E-state index in [1.807, 2.05) is 12.3 Å². The largest absolute Gasteiger partial charge is 0.381 e. The Morgan fingerprint density at radius 3 is 3.17 bits per heavy atom. The Hall–Kier alpha value is -0.450. The van der Waals surface area contributed by atoms with Crippen LogP contribution in [0.3, 0.4) is 0 Å². The monoisotopic (exact) mass is 312 g/mol. The van der Waals surface area contributed by atoms with Crippen LogP contribution in [0.4, 0.5) is 0 Å². The smallest absolute Gasteiger partial charge is 0.0718 e. The van der Waals surface area contributed by atoms with Crippen molar-refractivity contribution in [3.8, 4) is 0 Å². The molecule has 0 bridgehead atoms. The summed E-state index contributed by atoms with van der Waals surface area (Å²) in [6.07, 6.45) is 5.36. The molecule has 0 aromatic carbocycles. The summed E-state index contributed by atoms with van der Waals surface area (Å²) in [7, 11) is 0. The van der Waals surface area contributed by atoms with Crippen LogP contribution in [0.1, 0.15) is 37.9 Å². The molecule has 2 unspecified atom stereocenters. The van der Waals surface area contributed by atoms with Gasteiger partial charge >= 0.3 is 0 Å². The number of hydrogen-bond acceptors (Lipinski definition) is 3. The van der Waals surface area contributed by atoms with Gasteiger partial charge in [0.15, 0.2) is 0 Å². The van der Waals surface area contributed by atoms with Gasteiger partial charge in [-0.1, -0.05) is 6.92 Å². The number of nitrogens with one attached hydrogen (secondary N) is 1. The molecule has 100 valence electrons. The van der Waals surface area contributed by atoms with E-state index in [1.54, 1.807) is 0 Å². The normalized spacial score (nSPS) is 21.8. The van der Waals surface area contributed by atoms with Gasteiger partial charge in [-0.05, 0) is 53.9 Å². The first-order valence-corrected chi connectivity index (χ1v) is 7.53. The minimum absolute atomic E-state index is 0.292. The van der Waals surface area contributed by atoms with Crippen molar-refractivity contribution < 1.29 is 4.74 Å². The SMILES string of the molecule is CCCNC(c1ncccc1Br)C1CCCOC1. The molecule has 2 atom stereocenters. The number of aromatic nitrogens is 1. The highest BCUT2D eigenvalue weighted by Gasteiger charge is 2.27. The molecule has 0 spiro atoms. The summed E-state index contributed by atoms with van der Waals surface area (Å²) in [5.41, 5.74) is 1.11. The van der Waals surface area contributed by atoms with E-state index in [-0.39, 0.29) is 0 Å². The van der Waals surface area contributed by atoms with E-state index < -0.39 is 0 Å². The maximum atomic E-state index is 5.62. The molecule has 1 aliphatic heterocycles. The van der Waals surface area contributed by atoms with Gasteiger partial charge in [-0.2, -0.15) is 0 Å². The van der Waals surface area contributed by atoms with Crippen LogP contribution in [0.25, 0.3) is 0 Å². The number of halogens is 1. The van der Waals surface area contributed by atoms with Gasteiger partial charge in [-0.25, -0.2) is 0 Å². The van der Waals surface area contributed by atoms with E-state index >= 15 is 0 Å². The van der Waals surface area contributed by atoms with E-state index in [0.29, 0.717) is 12.0 Å². The van der Waals surface area contributed by atoms with Gasteiger partial charge in [0, 0.05) is 23.2 Å². The summed E-state index contributed by atoms with van der Waals surface area (Å²) >= 11 is 3.61. The minimum atomic E-state index is 0.292. The molecule has 0 saturated carbocycles. The Morgan fingerprint density at radius 2 is 2.50 bits per heavy atom. The van der Waals surface area contributed by atoms with E-state index in [4.69, 9.17) is 4.74 Å². The Labute approximate surface area is 117 Å². The van der Waals surface area contributed by atoms with Crippen LogP contribution in [0.5, 0.6) is 0 Å². The molecular formula is C14H21BrN2O. The predicted octanol–water partition coefficient (Wildman–Crippen LogP) is 3.31. The molecule has 2 heterocycles. The second kappa shape index (κ2) is 7.22. The zero-order valence-corrected chi connectivity index (χ0v) is 12.4. The Morgan fingerprint density at radius 1 is 1.61 bits per heavy atom. The lowest BCUT2D eigenvalue weighted by Gasteiger charge is -2.31. The van der Waals surface area contributed by atoms with Crippen LogP contribution in [-0.2, 0) is 4.74 Å². The van der Waals surface area contributed by atoms with Gasteiger partial charge in [0.1, 0.15) is 0 Å². The Kier molecular flexibility index (Phi) is 5.60. The lowest BCUT2D eigenvalue weighted by Crippen LogP contribution is -2.34. The highest BCUT2D eigenvalue weighted by molar-refractivity contribution is 9.10. The molecule has 1 aliphatic rings. The van der Waals surface area contributed by atoms with Crippen LogP contribution in [0, 0.1) is 5.92 Å². The fourth-order valence-corrected chi connectivity index (χ4v) is 2.94. The van der Waals surface area contributed by atoms with Gasteiger partial charge < -0.3 is 10.1 Å². The molecule has 18 heavy (non-hydrogen) atoms. The molecule has 1 N–H and O–H groups in total. The van der Waals surface area contributed by atoms with E-state index in [1.165, 1.54) is 6.42 Å².